The maximum Gasteiger partial charge on any atom is 0.347 e. The summed E-state index contributed by atoms with van der Waals surface area (Å²) in [6.07, 6.45) is 8.54. The first kappa shape index (κ1) is 17.9. The fourth-order valence-corrected chi connectivity index (χ4v) is 4.70. The van der Waals surface area contributed by atoms with Gasteiger partial charge in [-0.05, 0) is 61.3 Å². The predicted octanol–water partition coefficient (Wildman–Crippen LogP) is 2.38. The molecule has 2 fully saturated rings. The SMILES string of the molecule is NC1C2CCCC1CC(C(=O)Nc1cccc(Cn3cccnc3=O)c1)C2. The van der Waals surface area contributed by atoms with Crippen molar-refractivity contribution in [2.45, 2.75) is 44.7 Å². The monoisotopic (exact) mass is 366 g/mol. The van der Waals surface area contributed by atoms with Crippen LogP contribution in [0.2, 0.25) is 0 Å². The summed E-state index contributed by atoms with van der Waals surface area (Å²) in [4.78, 5) is 28.4. The van der Waals surface area contributed by atoms with E-state index in [1.54, 1.807) is 16.8 Å². The molecular weight excluding hydrogens is 340 g/mol. The molecule has 0 saturated heterocycles. The number of carbonyl (C=O) groups is 1. The van der Waals surface area contributed by atoms with E-state index in [1.807, 2.05) is 24.3 Å². The molecule has 0 radical (unpaired) electrons. The van der Waals surface area contributed by atoms with Crippen molar-refractivity contribution in [3.63, 3.8) is 0 Å². The second-order valence-corrected chi connectivity index (χ2v) is 7.92. The summed E-state index contributed by atoms with van der Waals surface area (Å²) in [5, 5.41) is 3.07. The Morgan fingerprint density at radius 1 is 1.22 bits per heavy atom. The van der Waals surface area contributed by atoms with Gasteiger partial charge in [-0.15, -0.1) is 0 Å². The highest BCUT2D eigenvalue weighted by Crippen LogP contribution is 2.42. The number of aromatic nitrogens is 2. The van der Waals surface area contributed by atoms with Crippen molar-refractivity contribution in [3.8, 4) is 0 Å². The maximum atomic E-state index is 12.8. The molecule has 6 heteroatoms. The van der Waals surface area contributed by atoms with Gasteiger partial charge in [0.25, 0.3) is 0 Å². The second-order valence-electron chi connectivity index (χ2n) is 7.92. The molecule has 27 heavy (non-hydrogen) atoms. The number of hydrogen-bond acceptors (Lipinski definition) is 4. The molecule has 2 aromatic rings. The van der Waals surface area contributed by atoms with Gasteiger partial charge in [-0.1, -0.05) is 18.6 Å². The van der Waals surface area contributed by atoms with Gasteiger partial charge in [-0.3, -0.25) is 9.36 Å². The molecule has 0 aliphatic heterocycles. The Bertz CT molecular complexity index is 864. The summed E-state index contributed by atoms with van der Waals surface area (Å²) in [5.41, 5.74) is 7.78. The molecule has 2 unspecified atom stereocenters. The van der Waals surface area contributed by atoms with Gasteiger partial charge in [-0.25, -0.2) is 9.78 Å². The van der Waals surface area contributed by atoms with Crippen LogP contribution in [-0.2, 0) is 11.3 Å². The zero-order chi connectivity index (χ0) is 18.8. The summed E-state index contributed by atoms with van der Waals surface area (Å²) in [6.45, 7) is 0.429. The van der Waals surface area contributed by atoms with E-state index in [2.05, 4.69) is 10.3 Å². The number of nitrogens with one attached hydrogen (secondary N) is 1. The Balaban J connectivity index is 1.43. The van der Waals surface area contributed by atoms with Crippen molar-refractivity contribution in [1.29, 1.82) is 0 Å². The maximum absolute atomic E-state index is 12.8. The van der Waals surface area contributed by atoms with Gasteiger partial charge in [0.2, 0.25) is 5.91 Å². The Morgan fingerprint density at radius 2 is 2.00 bits per heavy atom. The van der Waals surface area contributed by atoms with Crippen LogP contribution in [0.15, 0.2) is 47.5 Å². The molecule has 1 heterocycles. The van der Waals surface area contributed by atoms with E-state index < -0.39 is 0 Å². The molecule has 2 saturated carbocycles. The van der Waals surface area contributed by atoms with Crippen LogP contribution in [0.3, 0.4) is 0 Å². The minimum atomic E-state index is -0.281. The smallest absolute Gasteiger partial charge is 0.327 e. The Labute approximate surface area is 158 Å². The van der Waals surface area contributed by atoms with Crippen molar-refractivity contribution in [2.75, 3.05) is 5.32 Å². The number of nitrogens with two attached hydrogens (primary N) is 1. The molecule has 1 amide bonds. The standard InChI is InChI=1S/C21H26N4O2/c22-19-15-5-2-6-16(19)12-17(11-15)20(26)24-18-7-1-4-14(10-18)13-25-9-3-8-23-21(25)27/h1,3-4,7-10,15-17,19H,2,5-6,11-13,22H2,(H,24,26). The lowest BCUT2D eigenvalue weighted by atomic mass is 9.65. The molecule has 2 atom stereocenters. The highest BCUT2D eigenvalue weighted by Gasteiger charge is 2.40. The van der Waals surface area contributed by atoms with Crippen molar-refractivity contribution in [1.82, 2.24) is 9.55 Å². The molecule has 2 aliphatic rings. The van der Waals surface area contributed by atoms with Crippen LogP contribution in [0, 0.1) is 17.8 Å². The largest absolute Gasteiger partial charge is 0.347 e. The first-order chi connectivity index (χ1) is 13.1. The van der Waals surface area contributed by atoms with E-state index >= 15 is 0 Å². The first-order valence-electron chi connectivity index (χ1n) is 9.77. The van der Waals surface area contributed by atoms with Crippen LogP contribution in [0.5, 0.6) is 0 Å². The Hall–Kier alpha value is -2.47. The van der Waals surface area contributed by atoms with Crippen LogP contribution in [-0.4, -0.2) is 21.5 Å². The third-order valence-electron chi connectivity index (χ3n) is 6.11. The van der Waals surface area contributed by atoms with Crippen LogP contribution in [0.4, 0.5) is 5.69 Å². The van der Waals surface area contributed by atoms with Gasteiger partial charge in [0.05, 0.1) is 6.54 Å². The van der Waals surface area contributed by atoms with E-state index in [4.69, 9.17) is 5.73 Å². The van der Waals surface area contributed by atoms with Gasteiger partial charge in [0.15, 0.2) is 0 Å². The fraction of sp³-hybridized carbons (Fsp3) is 0.476. The van der Waals surface area contributed by atoms with E-state index in [-0.39, 0.29) is 23.6 Å². The number of benzene rings is 1. The molecule has 1 aromatic carbocycles. The fourth-order valence-electron chi connectivity index (χ4n) is 4.70. The van der Waals surface area contributed by atoms with E-state index in [9.17, 15) is 9.59 Å². The number of nitrogens with zero attached hydrogens (tertiary/aromatic N) is 2. The lowest BCUT2D eigenvalue weighted by molar-refractivity contribution is -0.122. The van der Waals surface area contributed by atoms with Crippen LogP contribution in [0.1, 0.15) is 37.7 Å². The normalized spacial score (nSPS) is 27.1. The summed E-state index contributed by atoms with van der Waals surface area (Å²) in [5.74, 6) is 1.10. The van der Waals surface area contributed by atoms with Crippen LogP contribution in [0.25, 0.3) is 0 Å². The predicted molar refractivity (Wildman–Crippen MR) is 104 cm³/mol. The average Bonchev–Trinajstić information content (AvgIpc) is 2.64. The first-order valence-corrected chi connectivity index (χ1v) is 9.77. The van der Waals surface area contributed by atoms with Crippen molar-refractivity contribution < 1.29 is 4.79 Å². The highest BCUT2D eigenvalue weighted by molar-refractivity contribution is 5.92. The molecule has 6 nitrogen and oxygen atoms in total. The Kier molecular flexibility index (Phi) is 5.07. The molecule has 2 bridgehead atoms. The molecule has 142 valence electrons. The lowest BCUT2D eigenvalue weighted by Gasteiger charge is -2.43. The molecule has 0 spiro atoms. The topological polar surface area (TPSA) is 90.0 Å². The number of amides is 1. The van der Waals surface area contributed by atoms with Gasteiger partial charge in [-0.2, -0.15) is 0 Å². The third kappa shape index (κ3) is 3.95. The quantitative estimate of drug-likeness (QED) is 0.869. The molecule has 3 N–H and O–H groups in total. The second kappa shape index (κ2) is 7.64. The van der Waals surface area contributed by atoms with Crippen molar-refractivity contribution >= 4 is 11.6 Å². The Morgan fingerprint density at radius 3 is 2.74 bits per heavy atom. The minimum absolute atomic E-state index is 0.0460. The molecular formula is C21H26N4O2. The van der Waals surface area contributed by atoms with E-state index in [0.717, 1.165) is 36.9 Å². The van der Waals surface area contributed by atoms with Crippen molar-refractivity contribution in [2.24, 2.45) is 23.5 Å². The van der Waals surface area contributed by atoms with Gasteiger partial charge < -0.3 is 11.1 Å². The number of anilines is 1. The van der Waals surface area contributed by atoms with Gasteiger partial charge in [0.1, 0.15) is 0 Å². The summed E-state index contributed by atoms with van der Waals surface area (Å²) in [6, 6.07) is 9.66. The molecule has 4 rings (SSSR count). The van der Waals surface area contributed by atoms with Crippen LogP contribution >= 0.6 is 0 Å². The lowest BCUT2D eigenvalue weighted by Crippen LogP contribution is -2.48. The van der Waals surface area contributed by atoms with E-state index in [0.29, 0.717) is 18.4 Å². The van der Waals surface area contributed by atoms with Crippen LogP contribution < -0.4 is 16.7 Å². The third-order valence-corrected chi connectivity index (χ3v) is 6.11. The van der Waals surface area contributed by atoms with Gasteiger partial charge >= 0.3 is 5.69 Å². The number of carbonyl (C=O) groups excluding carboxylic acids is 1. The molecule has 2 aliphatic carbocycles. The number of fused-ring (bicyclic) bond motifs is 2. The zero-order valence-electron chi connectivity index (χ0n) is 15.4. The zero-order valence-corrected chi connectivity index (χ0v) is 15.4. The van der Waals surface area contributed by atoms with E-state index in [1.165, 1.54) is 12.6 Å². The number of rotatable bonds is 4. The average molecular weight is 366 g/mol. The highest BCUT2D eigenvalue weighted by atomic mass is 16.2. The van der Waals surface area contributed by atoms with Crippen molar-refractivity contribution in [3.05, 3.63) is 58.8 Å². The summed E-state index contributed by atoms with van der Waals surface area (Å²) in [7, 11) is 0. The summed E-state index contributed by atoms with van der Waals surface area (Å²) < 4.78 is 1.55. The minimum Gasteiger partial charge on any atom is -0.327 e. The number of hydrogen-bond donors (Lipinski definition) is 2. The molecule has 1 aromatic heterocycles. The van der Waals surface area contributed by atoms with Gasteiger partial charge in [0, 0.05) is 30.0 Å². The summed E-state index contributed by atoms with van der Waals surface area (Å²) >= 11 is 0.